The molecule has 2 amide bonds. The summed E-state index contributed by atoms with van der Waals surface area (Å²) >= 11 is 1.50. The van der Waals surface area contributed by atoms with Crippen molar-refractivity contribution in [2.24, 2.45) is 11.8 Å². The maximum atomic E-state index is 14.8. The van der Waals surface area contributed by atoms with Crippen molar-refractivity contribution >= 4 is 35.2 Å². The fraction of sp³-hybridized carbons (Fsp3) is 0.387. The Morgan fingerprint density at radius 1 is 0.974 bits per heavy atom. The van der Waals surface area contributed by atoms with Crippen molar-refractivity contribution < 1.29 is 24.2 Å². The average Bonchev–Trinajstić information content (AvgIpc) is 3.17. The van der Waals surface area contributed by atoms with Gasteiger partial charge in [-0.15, -0.1) is 11.8 Å². The van der Waals surface area contributed by atoms with E-state index < -0.39 is 39.4 Å². The van der Waals surface area contributed by atoms with Gasteiger partial charge in [0.05, 0.1) is 29.2 Å². The molecule has 2 fully saturated rings. The highest BCUT2D eigenvalue weighted by atomic mass is 32.2. The van der Waals surface area contributed by atoms with Gasteiger partial charge in [-0.1, -0.05) is 66.8 Å². The Morgan fingerprint density at radius 3 is 2.38 bits per heavy atom. The van der Waals surface area contributed by atoms with E-state index in [-0.39, 0.29) is 25.0 Å². The van der Waals surface area contributed by atoms with Crippen molar-refractivity contribution in [2.45, 2.75) is 42.3 Å². The molecule has 2 aromatic rings. The lowest BCUT2D eigenvalue weighted by atomic mass is 9.75. The predicted molar refractivity (Wildman–Crippen MR) is 150 cm³/mol. The van der Waals surface area contributed by atoms with E-state index >= 15 is 0 Å². The molecule has 202 valence electrons. The van der Waals surface area contributed by atoms with Crippen LogP contribution in [0.4, 0.5) is 5.69 Å². The molecule has 8 heteroatoms. The number of rotatable bonds is 4. The Kier molecular flexibility index (Phi) is 6.23. The van der Waals surface area contributed by atoms with Crippen LogP contribution in [0.1, 0.15) is 29.7 Å². The molecule has 0 aliphatic carbocycles. The number of benzene rings is 2. The smallest absolute Gasteiger partial charge is 0.311 e. The molecule has 2 saturated heterocycles. The molecular formula is C31H32N2O5S. The Labute approximate surface area is 232 Å². The number of hydrogen-bond donors (Lipinski definition) is 1. The zero-order valence-electron chi connectivity index (χ0n) is 22.2. The van der Waals surface area contributed by atoms with E-state index in [0.717, 1.165) is 22.4 Å². The maximum Gasteiger partial charge on any atom is 0.311 e. The Bertz CT molecular complexity index is 1390. The molecule has 4 heterocycles. The summed E-state index contributed by atoms with van der Waals surface area (Å²) in [5, 5.41) is 10.7. The third-order valence-electron chi connectivity index (χ3n) is 8.65. The van der Waals surface area contributed by atoms with Crippen LogP contribution in [-0.2, 0) is 19.1 Å². The molecule has 1 N–H and O–H groups in total. The second-order valence-corrected chi connectivity index (χ2v) is 12.8. The summed E-state index contributed by atoms with van der Waals surface area (Å²) in [7, 11) is 0. The average molecular weight is 545 g/mol. The lowest BCUT2D eigenvalue weighted by molar-refractivity contribution is -0.153. The topological polar surface area (TPSA) is 87.2 Å². The van der Waals surface area contributed by atoms with E-state index in [0.29, 0.717) is 6.54 Å². The fourth-order valence-corrected chi connectivity index (χ4v) is 9.23. The summed E-state index contributed by atoms with van der Waals surface area (Å²) in [4.78, 5) is 46.1. The molecule has 1 spiro atoms. The lowest BCUT2D eigenvalue weighted by Gasteiger charge is -2.40. The molecule has 2 aromatic carbocycles. The summed E-state index contributed by atoms with van der Waals surface area (Å²) in [6, 6.07) is 13.5. The molecule has 1 unspecified atom stereocenters. The number of aliphatic hydroxyl groups excluding tert-OH is 1. The van der Waals surface area contributed by atoms with Gasteiger partial charge in [0.2, 0.25) is 5.91 Å². The Hall–Kier alpha value is -3.36. The summed E-state index contributed by atoms with van der Waals surface area (Å²) in [6.45, 7) is 6.06. The molecule has 0 bridgehead atoms. The van der Waals surface area contributed by atoms with Crippen LogP contribution in [0.5, 0.6) is 0 Å². The Morgan fingerprint density at radius 2 is 1.69 bits per heavy atom. The van der Waals surface area contributed by atoms with Crippen molar-refractivity contribution in [3.63, 3.8) is 0 Å². The highest BCUT2D eigenvalue weighted by molar-refractivity contribution is 8.02. The first kappa shape index (κ1) is 25.9. The minimum Gasteiger partial charge on any atom is -0.461 e. The largest absolute Gasteiger partial charge is 0.461 e. The van der Waals surface area contributed by atoms with Gasteiger partial charge in [-0.3, -0.25) is 14.4 Å². The molecule has 39 heavy (non-hydrogen) atoms. The quantitative estimate of drug-likeness (QED) is 0.466. The number of hydrogen-bond acceptors (Lipinski definition) is 6. The number of ether oxygens (including phenoxy) is 1. The van der Waals surface area contributed by atoms with Crippen molar-refractivity contribution in [1.29, 1.82) is 0 Å². The number of aliphatic hydroxyl groups is 1. The van der Waals surface area contributed by atoms with Crippen LogP contribution in [0.2, 0.25) is 0 Å². The van der Waals surface area contributed by atoms with Crippen LogP contribution in [0.15, 0.2) is 72.8 Å². The van der Waals surface area contributed by atoms with Gasteiger partial charge < -0.3 is 19.6 Å². The van der Waals surface area contributed by atoms with Gasteiger partial charge in [0, 0.05) is 17.0 Å². The lowest BCUT2D eigenvalue weighted by Crippen LogP contribution is -2.55. The first-order valence-electron chi connectivity index (χ1n) is 13.3. The molecule has 6 rings (SSSR count). The van der Waals surface area contributed by atoms with E-state index in [9.17, 15) is 19.5 Å². The predicted octanol–water partition coefficient (Wildman–Crippen LogP) is 3.74. The highest BCUT2D eigenvalue weighted by Gasteiger charge is 2.74. The van der Waals surface area contributed by atoms with Crippen molar-refractivity contribution in [3.05, 3.63) is 89.5 Å². The van der Waals surface area contributed by atoms with Gasteiger partial charge in [-0.05, 0) is 43.5 Å². The second kappa shape index (κ2) is 9.38. The van der Waals surface area contributed by atoms with E-state index in [1.165, 1.54) is 11.8 Å². The van der Waals surface area contributed by atoms with Gasteiger partial charge in [-0.2, -0.15) is 0 Å². The van der Waals surface area contributed by atoms with Crippen LogP contribution >= 0.6 is 11.8 Å². The number of carbonyl (C=O) groups is 3. The van der Waals surface area contributed by atoms with E-state index in [1.807, 2.05) is 93.6 Å². The maximum absolute atomic E-state index is 14.8. The third kappa shape index (κ3) is 3.72. The molecule has 4 aliphatic heterocycles. The number of nitrogens with zero attached hydrogens (tertiary/aromatic N) is 2. The standard InChI is InChI=1S/C31H32N2O5S/c1-19-10-7-11-20(2)25(19)32-16-8-15-31-23(24-29(37)38-17-9-14-30(24,3)39-31)27(35)33(26(31)28(32)36)22(18-34)21-12-5-4-6-13-21/h4-15,22-24,26,34H,16-18H2,1-3H3/t22-,23+,24+,26?,30-,31+/m1/s1. The minimum absolute atomic E-state index is 0.158. The van der Waals surface area contributed by atoms with Gasteiger partial charge in [0.25, 0.3) is 5.91 Å². The summed E-state index contributed by atoms with van der Waals surface area (Å²) in [5.41, 5.74) is 3.48. The number of amides is 2. The number of esters is 1. The molecule has 0 saturated carbocycles. The first-order chi connectivity index (χ1) is 18.7. The van der Waals surface area contributed by atoms with Crippen molar-refractivity contribution in [1.82, 2.24) is 4.90 Å². The van der Waals surface area contributed by atoms with E-state index in [1.54, 1.807) is 9.80 Å². The number of likely N-dealkylation sites (tertiary alicyclic amines) is 1. The van der Waals surface area contributed by atoms with Crippen LogP contribution in [-0.4, -0.2) is 63.1 Å². The number of cyclic esters (lactones) is 1. The van der Waals surface area contributed by atoms with Gasteiger partial charge in [0.1, 0.15) is 12.6 Å². The zero-order chi connectivity index (χ0) is 27.5. The minimum atomic E-state index is -1.01. The van der Waals surface area contributed by atoms with Crippen molar-refractivity contribution in [2.75, 3.05) is 24.7 Å². The normalized spacial score (nSPS) is 32.3. The fourth-order valence-electron chi connectivity index (χ4n) is 7.09. The monoisotopic (exact) mass is 544 g/mol. The van der Waals surface area contributed by atoms with Crippen LogP contribution in [0.3, 0.4) is 0 Å². The van der Waals surface area contributed by atoms with Crippen molar-refractivity contribution in [3.8, 4) is 0 Å². The number of thioether (sulfide) groups is 1. The molecular weight excluding hydrogens is 512 g/mol. The molecule has 0 aromatic heterocycles. The summed E-state index contributed by atoms with van der Waals surface area (Å²) < 4.78 is 3.79. The number of aryl methyl sites for hydroxylation is 2. The van der Waals surface area contributed by atoms with E-state index in [4.69, 9.17) is 4.74 Å². The summed E-state index contributed by atoms with van der Waals surface area (Å²) in [5.74, 6) is -2.53. The molecule has 6 atom stereocenters. The third-order valence-corrected chi connectivity index (χ3v) is 10.4. The van der Waals surface area contributed by atoms with Crippen LogP contribution in [0.25, 0.3) is 0 Å². The number of fused-ring (bicyclic) bond motifs is 2. The molecule has 0 radical (unpaired) electrons. The van der Waals surface area contributed by atoms with Crippen LogP contribution in [0, 0.1) is 25.7 Å². The van der Waals surface area contributed by atoms with E-state index in [2.05, 4.69) is 0 Å². The van der Waals surface area contributed by atoms with Gasteiger partial charge >= 0.3 is 5.97 Å². The number of anilines is 1. The van der Waals surface area contributed by atoms with Crippen LogP contribution < -0.4 is 4.90 Å². The van der Waals surface area contributed by atoms with Gasteiger partial charge in [-0.25, -0.2) is 0 Å². The SMILES string of the molecule is Cc1cccc(C)c1N1CC=C[C@]23S[C@]4(C)C=CCOC(=O)[C@@H]4[C@H]2C(=O)N([C@H](CO)c2ccccc2)C3C1=O. The van der Waals surface area contributed by atoms with Gasteiger partial charge in [0.15, 0.2) is 0 Å². The number of para-hydroxylation sites is 1. The summed E-state index contributed by atoms with van der Waals surface area (Å²) in [6.07, 6.45) is 7.73. The molecule has 4 aliphatic rings. The zero-order valence-corrected chi connectivity index (χ0v) is 23.1. The first-order valence-corrected chi connectivity index (χ1v) is 14.1. The second-order valence-electron chi connectivity index (χ2n) is 11.0. The highest BCUT2D eigenvalue weighted by Crippen LogP contribution is 2.66. The molecule has 7 nitrogen and oxygen atoms in total. The number of carbonyl (C=O) groups excluding carboxylic acids is 3. The Balaban J connectivity index is 1.56.